The summed E-state index contributed by atoms with van der Waals surface area (Å²) in [4.78, 5) is 10.9. The molecule has 1 N–H and O–H groups in total. The molecule has 0 fully saturated rings. The maximum Gasteiger partial charge on any atom is 0.169 e. The number of pyridine rings is 1. The van der Waals surface area contributed by atoms with Gasteiger partial charge < -0.3 is 9.84 Å². The van der Waals surface area contributed by atoms with Crippen LogP contribution < -0.4 is 9.30 Å². The molecule has 0 radical (unpaired) electrons. The summed E-state index contributed by atoms with van der Waals surface area (Å²) in [5, 5.41) is 10.0. The van der Waals surface area contributed by atoms with Crippen LogP contribution in [0, 0.1) is 0 Å². The number of nitrogens with zero attached hydrogens (tertiary/aromatic N) is 1. The van der Waals surface area contributed by atoms with Crippen molar-refractivity contribution in [3.05, 3.63) is 53.3 Å². The highest BCUT2D eigenvalue weighted by Gasteiger charge is 2.08. The van der Waals surface area contributed by atoms with Gasteiger partial charge in [-0.1, -0.05) is 12.2 Å². The van der Waals surface area contributed by atoms with E-state index in [2.05, 4.69) is 0 Å². The van der Waals surface area contributed by atoms with Crippen molar-refractivity contribution < 1.29 is 19.2 Å². The van der Waals surface area contributed by atoms with Gasteiger partial charge in [-0.25, -0.2) is 4.57 Å². The molecule has 0 bridgehead atoms. The van der Waals surface area contributed by atoms with Crippen molar-refractivity contribution in [3.8, 4) is 11.5 Å². The van der Waals surface area contributed by atoms with E-state index in [9.17, 15) is 9.90 Å². The molecule has 0 atom stereocenters. The minimum atomic E-state index is 0.0239. The number of carbonyl (C=O) groups excluding carboxylic acids is 1. The molecule has 0 aliphatic rings. The number of phenols is 1. The topological polar surface area (TPSA) is 50.4 Å². The fourth-order valence-electron chi connectivity index (χ4n) is 1.81. The summed E-state index contributed by atoms with van der Waals surface area (Å²) in [5.74, 6) is 0.310. The highest BCUT2D eigenvalue weighted by atomic mass is 16.5. The molecule has 0 unspecified atom stereocenters. The van der Waals surface area contributed by atoms with Crippen molar-refractivity contribution in [3.63, 3.8) is 0 Å². The van der Waals surface area contributed by atoms with Crippen LogP contribution in [0.4, 0.5) is 0 Å². The summed E-state index contributed by atoms with van der Waals surface area (Å²) < 4.78 is 6.99. The van der Waals surface area contributed by atoms with Gasteiger partial charge in [-0.3, -0.25) is 4.79 Å². The molecule has 4 heteroatoms. The minimum Gasteiger partial charge on any atom is -0.504 e. The summed E-state index contributed by atoms with van der Waals surface area (Å²) in [6, 6.07) is 7.02. The monoisotopic (exact) mass is 270 g/mol. The molecule has 0 aliphatic heterocycles. The van der Waals surface area contributed by atoms with Crippen LogP contribution in [-0.2, 0) is 7.05 Å². The molecule has 2 rings (SSSR count). The zero-order chi connectivity index (χ0) is 14.5. The second-order valence-electron chi connectivity index (χ2n) is 4.41. The number of ether oxygens (including phenoxy) is 1. The number of hydrogen-bond donors (Lipinski definition) is 1. The third-order valence-electron chi connectivity index (χ3n) is 2.94. The Morgan fingerprint density at radius 2 is 1.85 bits per heavy atom. The lowest BCUT2D eigenvalue weighted by Crippen LogP contribution is -2.25. The van der Waals surface area contributed by atoms with Gasteiger partial charge in [0.25, 0.3) is 0 Å². The van der Waals surface area contributed by atoms with Gasteiger partial charge in [-0.15, -0.1) is 0 Å². The van der Waals surface area contributed by atoms with Crippen molar-refractivity contribution in [2.24, 2.45) is 7.05 Å². The minimum absolute atomic E-state index is 0.0239. The molecule has 1 aromatic carbocycles. The van der Waals surface area contributed by atoms with Crippen molar-refractivity contribution in [1.29, 1.82) is 0 Å². The van der Waals surface area contributed by atoms with Crippen LogP contribution in [0.1, 0.15) is 21.5 Å². The summed E-state index contributed by atoms with van der Waals surface area (Å²) in [5.41, 5.74) is 2.00. The molecule has 0 spiro atoms. The van der Waals surface area contributed by atoms with Crippen LogP contribution in [0.3, 0.4) is 0 Å². The van der Waals surface area contributed by atoms with E-state index < -0.39 is 0 Å². The van der Waals surface area contributed by atoms with E-state index >= 15 is 0 Å². The van der Waals surface area contributed by atoms with Gasteiger partial charge in [0.2, 0.25) is 0 Å². The lowest BCUT2D eigenvalue weighted by atomic mass is 10.1. The number of methoxy groups -OCH3 is 1. The van der Waals surface area contributed by atoms with Crippen LogP contribution in [0.15, 0.2) is 36.7 Å². The lowest BCUT2D eigenvalue weighted by molar-refractivity contribution is -0.671. The van der Waals surface area contributed by atoms with Gasteiger partial charge in [-0.2, -0.15) is 0 Å². The molecule has 0 aliphatic carbocycles. The fourth-order valence-corrected chi connectivity index (χ4v) is 1.81. The van der Waals surface area contributed by atoms with E-state index in [1.165, 1.54) is 13.2 Å². The summed E-state index contributed by atoms with van der Waals surface area (Å²) in [6.07, 6.45) is 8.20. The number of benzene rings is 1. The molecule has 2 aromatic rings. The molecule has 20 heavy (non-hydrogen) atoms. The number of carbonyl (C=O) groups is 1. The summed E-state index contributed by atoms with van der Waals surface area (Å²) >= 11 is 0. The van der Waals surface area contributed by atoms with Gasteiger partial charge in [0.15, 0.2) is 23.9 Å². The Morgan fingerprint density at radius 3 is 2.45 bits per heavy atom. The molecule has 0 saturated carbocycles. The van der Waals surface area contributed by atoms with Gasteiger partial charge >= 0.3 is 0 Å². The molecule has 1 heterocycles. The number of phenolic OH excluding ortho intramolecular Hbond substituents is 1. The Morgan fingerprint density at radius 1 is 1.15 bits per heavy atom. The average molecular weight is 270 g/mol. The van der Waals surface area contributed by atoms with Crippen molar-refractivity contribution in [2.75, 3.05) is 7.11 Å². The van der Waals surface area contributed by atoms with Crippen LogP contribution in [0.5, 0.6) is 11.5 Å². The first-order chi connectivity index (χ1) is 9.63. The maximum absolute atomic E-state index is 10.9. The Labute approximate surface area is 117 Å². The van der Waals surface area contributed by atoms with Gasteiger partial charge in [-0.05, 0) is 17.7 Å². The first-order valence-electron chi connectivity index (χ1n) is 6.13. The van der Waals surface area contributed by atoms with Gasteiger partial charge in [0, 0.05) is 23.3 Å². The third-order valence-corrected chi connectivity index (χ3v) is 2.94. The Bertz CT molecular complexity index is 646. The molecule has 102 valence electrons. The van der Waals surface area contributed by atoms with E-state index in [0.29, 0.717) is 11.1 Å². The zero-order valence-corrected chi connectivity index (χ0v) is 11.4. The second kappa shape index (κ2) is 6.02. The van der Waals surface area contributed by atoms with Gasteiger partial charge in [0.1, 0.15) is 13.3 Å². The fraction of sp³-hybridized carbons (Fsp3) is 0.125. The number of aromatic hydroxyl groups is 1. The molecule has 4 nitrogen and oxygen atoms in total. The highest BCUT2D eigenvalue weighted by molar-refractivity contribution is 5.82. The van der Waals surface area contributed by atoms with Gasteiger partial charge in [0.05, 0.1) is 7.11 Å². The summed E-state index contributed by atoms with van der Waals surface area (Å²) in [6.45, 7) is 0. The smallest absolute Gasteiger partial charge is 0.169 e. The SMILES string of the molecule is COc1cc(C=O)cc(/C=C/c2cc[n+](C)cc2)c1O. The van der Waals surface area contributed by atoms with Crippen LogP contribution in [0.25, 0.3) is 12.2 Å². The highest BCUT2D eigenvalue weighted by Crippen LogP contribution is 2.32. The van der Waals surface area contributed by atoms with Crippen molar-refractivity contribution in [1.82, 2.24) is 0 Å². The number of aromatic nitrogens is 1. The largest absolute Gasteiger partial charge is 0.504 e. The van der Waals surface area contributed by atoms with E-state index in [1.54, 1.807) is 12.1 Å². The first kappa shape index (κ1) is 13.8. The normalized spacial score (nSPS) is 10.7. The lowest BCUT2D eigenvalue weighted by Gasteiger charge is -2.07. The molecule has 1 aromatic heterocycles. The number of aldehydes is 1. The van der Waals surface area contributed by atoms with E-state index in [-0.39, 0.29) is 11.5 Å². The molecule has 0 amide bonds. The van der Waals surface area contributed by atoms with Crippen molar-refractivity contribution >= 4 is 18.4 Å². The first-order valence-corrected chi connectivity index (χ1v) is 6.13. The molecular weight excluding hydrogens is 254 g/mol. The van der Waals surface area contributed by atoms with Crippen LogP contribution in [0.2, 0.25) is 0 Å². The predicted molar refractivity (Wildman–Crippen MR) is 76.6 cm³/mol. The van der Waals surface area contributed by atoms with Crippen molar-refractivity contribution in [2.45, 2.75) is 0 Å². The second-order valence-corrected chi connectivity index (χ2v) is 4.41. The van der Waals surface area contributed by atoms with E-state index in [1.807, 2.05) is 42.2 Å². The Balaban J connectivity index is 2.37. The van der Waals surface area contributed by atoms with Crippen LogP contribution in [-0.4, -0.2) is 18.5 Å². The Hall–Kier alpha value is -2.62. The summed E-state index contributed by atoms with van der Waals surface area (Å²) in [7, 11) is 3.39. The quantitative estimate of drug-likeness (QED) is 0.684. The van der Waals surface area contributed by atoms with Crippen LogP contribution >= 0.6 is 0 Å². The number of rotatable bonds is 4. The average Bonchev–Trinajstić information content (AvgIpc) is 2.48. The number of hydrogen-bond acceptors (Lipinski definition) is 3. The standard InChI is InChI=1S/C16H15NO3/c1-17-7-5-12(6-8-17)3-4-14-9-13(11-18)10-15(20-2)16(14)19/h3-11H,1-2H3/p+1. The third kappa shape index (κ3) is 3.03. The predicted octanol–water partition coefficient (Wildman–Crippen LogP) is 2.21. The number of aryl methyl sites for hydroxylation is 1. The zero-order valence-electron chi connectivity index (χ0n) is 11.4. The molecule has 0 saturated heterocycles. The molecular formula is C16H16NO3+. The van der Waals surface area contributed by atoms with E-state index in [4.69, 9.17) is 4.74 Å². The van der Waals surface area contributed by atoms with E-state index in [0.717, 1.165) is 11.8 Å². The Kier molecular flexibility index (Phi) is 4.15. The maximum atomic E-state index is 10.9.